The van der Waals surface area contributed by atoms with Gasteiger partial charge in [-0.25, -0.2) is 4.79 Å². The Kier molecular flexibility index (Phi) is 5.04. The van der Waals surface area contributed by atoms with E-state index in [2.05, 4.69) is 10.6 Å². The third-order valence-corrected chi connectivity index (χ3v) is 3.84. The van der Waals surface area contributed by atoms with Crippen molar-refractivity contribution >= 4 is 6.09 Å². The van der Waals surface area contributed by atoms with Crippen LogP contribution >= 0.6 is 0 Å². The summed E-state index contributed by atoms with van der Waals surface area (Å²) in [6.45, 7) is 7.39. The zero-order valence-electron chi connectivity index (χ0n) is 14.1. The van der Waals surface area contributed by atoms with Crippen LogP contribution in [0.3, 0.4) is 0 Å². The molecule has 1 fully saturated rings. The summed E-state index contributed by atoms with van der Waals surface area (Å²) >= 11 is 0. The predicted octanol–water partition coefficient (Wildman–Crippen LogP) is 2.80. The summed E-state index contributed by atoms with van der Waals surface area (Å²) in [7, 11) is 0. The first-order valence-electron chi connectivity index (χ1n) is 7.92. The van der Waals surface area contributed by atoms with Crippen molar-refractivity contribution in [1.29, 1.82) is 0 Å². The van der Waals surface area contributed by atoms with Gasteiger partial charge in [-0.2, -0.15) is 0 Å². The van der Waals surface area contributed by atoms with Crippen molar-refractivity contribution in [3.05, 3.63) is 23.8 Å². The Morgan fingerprint density at radius 1 is 1.22 bits per heavy atom. The molecular weight excluding hydrogens is 296 g/mol. The van der Waals surface area contributed by atoms with E-state index in [0.29, 0.717) is 5.56 Å². The molecule has 1 unspecified atom stereocenters. The summed E-state index contributed by atoms with van der Waals surface area (Å²) in [5, 5.41) is 25.9. The molecule has 1 aliphatic carbocycles. The number of ether oxygens (including phenoxy) is 1. The highest BCUT2D eigenvalue weighted by molar-refractivity contribution is 5.68. The SMILES string of the molecule is CC(NC1CC(NC(=O)OC(C)(C)C)C1)c1c(O)cccc1O. The van der Waals surface area contributed by atoms with Gasteiger partial charge in [-0.1, -0.05) is 6.07 Å². The number of phenols is 2. The number of rotatable bonds is 4. The highest BCUT2D eigenvalue weighted by Gasteiger charge is 2.33. The van der Waals surface area contributed by atoms with E-state index < -0.39 is 11.7 Å². The molecule has 6 nitrogen and oxygen atoms in total. The summed E-state index contributed by atoms with van der Waals surface area (Å²) in [5.41, 5.74) is -0.00132. The summed E-state index contributed by atoms with van der Waals surface area (Å²) in [6.07, 6.45) is 1.18. The number of hydrogen-bond acceptors (Lipinski definition) is 5. The van der Waals surface area contributed by atoms with Gasteiger partial charge in [0, 0.05) is 18.1 Å². The van der Waals surface area contributed by atoms with E-state index >= 15 is 0 Å². The number of carbonyl (C=O) groups is 1. The first-order chi connectivity index (χ1) is 10.7. The van der Waals surface area contributed by atoms with E-state index in [-0.39, 0.29) is 29.6 Å². The van der Waals surface area contributed by atoms with Crippen molar-refractivity contribution in [1.82, 2.24) is 10.6 Å². The van der Waals surface area contributed by atoms with Crippen LogP contribution in [0.1, 0.15) is 52.1 Å². The molecule has 2 rings (SSSR count). The van der Waals surface area contributed by atoms with E-state index in [9.17, 15) is 15.0 Å². The van der Waals surface area contributed by atoms with Crippen molar-refractivity contribution < 1.29 is 19.7 Å². The van der Waals surface area contributed by atoms with Gasteiger partial charge in [-0.3, -0.25) is 0 Å². The molecule has 0 saturated heterocycles. The highest BCUT2D eigenvalue weighted by Crippen LogP contribution is 2.34. The molecule has 1 aromatic rings. The van der Waals surface area contributed by atoms with Gasteiger partial charge in [0.05, 0.1) is 5.56 Å². The van der Waals surface area contributed by atoms with Crippen LogP contribution in [0.25, 0.3) is 0 Å². The fraction of sp³-hybridized carbons (Fsp3) is 0.588. The molecule has 1 aromatic carbocycles. The molecule has 128 valence electrons. The number of phenolic OH excluding ortho intramolecular Hbond substituents is 2. The lowest BCUT2D eigenvalue weighted by molar-refractivity contribution is 0.0463. The van der Waals surface area contributed by atoms with E-state index in [1.54, 1.807) is 18.2 Å². The monoisotopic (exact) mass is 322 g/mol. The molecule has 23 heavy (non-hydrogen) atoms. The normalized spacial score (nSPS) is 22.1. The van der Waals surface area contributed by atoms with Gasteiger partial charge in [0.25, 0.3) is 0 Å². The van der Waals surface area contributed by atoms with Crippen LogP contribution in [0.4, 0.5) is 4.79 Å². The third-order valence-electron chi connectivity index (χ3n) is 3.84. The third kappa shape index (κ3) is 4.76. The van der Waals surface area contributed by atoms with Crippen molar-refractivity contribution in [2.45, 2.75) is 64.3 Å². The van der Waals surface area contributed by atoms with Crippen LogP contribution in [-0.4, -0.2) is 34.0 Å². The van der Waals surface area contributed by atoms with Crippen LogP contribution in [0.5, 0.6) is 11.5 Å². The van der Waals surface area contributed by atoms with Gasteiger partial charge in [-0.15, -0.1) is 0 Å². The topological polar surface area (TPSA) is 90.8 Å². The standard InChI is InChI=1S/C17H26N2O4/c1-10(15-13(20)6-5-7-14(15)21)18-11-8-12(9-11)19-16(22)23-17(2,3)4/h5-7,10-12,18,20-21H,8-9H2,1-4H3,(H,19,22). The highest BCUT2D eigenvalue weighted by atomic mass is 16.6. The summed E-state index contributed by atoms with van der Waals surface area (Å²) in [6, 6.07) is 4.85. The number of alkyl carbamates (subject to hydrolysis) is 1. The average molecular weight is 322 g/mol. The fourth-order valence-corrected chi connectivity index (χ4v) is 2.77. The number of carbonyl (C=O) groups excluding carboxylic acids is 1. The lowest BCUT2D eigenvalue weighted by atomic mass is 9.86. The maximum absolute atomic E-state index is 11.7. The molecule has 0 spiro atoms. The molecular formula is C17H26N2O4. The number of nitrogens with one attached hydrogen (secondary N) is 2. The first kappa shape index (κ1) is 17.4. The Morgan fingerprint density at radius 3 is 2.30 bits per heavy atom. The van der Waals surface area contributed by atoms with Crippen molar-refractivity contribution in [2.75, 3.05) is 0 Å². The van der Waals surface area contributed by atoms with Crippen LogP contribution in [0.15, 0.2) is 18.2 Å². The van der Waals surface area contributed by atoms with Crippen molar-refractivity contribution in [2.24, 2.45) is 0 Å². The maximum atomic E-state index is 11.7. The molecule has 1 amide bonds. The Balaban J connectivity index is 1.79. The van der Waals surface area contributed by atoms with E-state index in [0.717, 1.165) is 12.8 Å². The van der Waals surface area contributed by atoms with Gasteiger partial charge in [-0.05, 0) is 52.7 Å². The quantitative estimate of drug-likeness (QED) is 0.684. The molecule has 0 bridgehead atoms. The molecule has 4 N–H and O–H groups in total. The molecule has 1 aliphatic rings. The van der Waals surface area contributed by atoms with Crippen molar-refractivity contribution in [3.8, 4) is 11.5 Å². The Morgan fingerprint density at radius 2 is 1.78 bits per heavy atom. The van der Waals surface area contributed by atoms with Gasteiger partial charge in [0.1, 0.15) is 17.1 Å². The smallest absolute Gasteiger partial charge is 0.407 e. The van der Waals surface area contributed by atoms with E-state index in [1.807, 2.05) is 27.7 Å². The summed E-state index contributed by atoms with van der Waals surface area (Å²) in [5.74, 6) is 0.153. The molecule has 0 heterocycles. The summed E-state index contributed by atoms with van der Waals surface area (Å²) < 4.78 is 5.22. The molecule has 0 radical (unpaired) electrons. The van der Waals surface area contributed by atoms with Gasteiger partial charge < -0.3 is 25.6 Å². The van der Waals surface area contributed by atoms with E-state index in [1.165, 1.54) is 0 Å². The van der Waals surface area contributed by atoms with Crippen LogP contribution in [0, 0.1) is 0 Å². The zero-order chi connectivity index (χ0) is 17.2. The minimum absolute atomic E-state index is 0.0766. The molecule has 1 saturated carbocycles. The predicted molar refractivity (Wildman–Crippen MR) is 87.5 cm³/mol. The minimum Gasteiger partial charge on any atom is -0.507 e. The Hall–Kier alpha value is -1.95. The van der Waals surface area contributed by atoms with Gasteiger partial charge >= 0.3 is 6.09 Å². The van der Waals surface area contributed by atoms with E-state index in [4.69, 9.17) is 4.74 Å². The second-order valence-corrected chi connectivity index (χ2v) is 7.11. The second-order valence-electron chi connectivity index (χ2n) is 7.11. The fourth-order valence-electron chi connectivity index (χ4n) is 2.77. The second kappa shape index (κ2) is 6.66. The van der Waals surface area contributed by atoms with Crippen LogP contribution < -0.4 is 10.6 Å². The lowest BCUT2D eigenvalue weighted by Gasteiger charge is -2.38. The van der Waals surface area contributed by atoms with Gasteiger partial charge in [0.2, 0.25) is 0 Å². The lowest BCUT2D eigenvalue weighted by Crippen LogP contribution is -2.53. The zero-order valence-corrected chi connectivity index (χ0v) is 14.1. The number of benzene rings is 1. The minimum atomic E-state index is -0.498. The average Bonchev–Trinajstić information content (AvgIpc) is 2.33. The number of hydrogen-bond donors (Lipinski definition) is 4. The van der Waals surface area contributed by atoms with Gasteiger partial charge in [0.15, 0.2) is 0 Å². The first-order valence-corrected chi connectivity index (χ1v) is 7.92. The van der Waals surface area contributed by atoms with Crippen molar-refractivity contribution in [3.63, 3.8) is 0 Å². The maximum Gasteiger partial charge on any atom is 0.407 e. The molecule has 6 heteroatoms. The number of aromatic hydroxyl groups is 2. The largest absolute Gasteiger partial charge is 0.507 e. The Labute approximate surface area is 136 Å². The Bertz CT molecular complexity index is 542. The molecule has 1 atom stereocenters. The number of amides is 1. The molecule has 0 aromatic heterocycles. The molecule has 0 aliphatic heterocycles. The van der Waals surface area contributed by atoms with Crippen LogP contribution in [0.2, 0.25) is 0 Å². The summed E-state index contributed by atoms with van der Waals surface area (Å²) in [4.78, 5) is 11.7. The van der Waals surface area contributed by atoms with Crippen LogP contribution in [-0.2, 0) is 4.74 Å².